The van der Waals surface area contributed by atoms with Gasteiger partial charge < -0.3 is 14.2 Å². The minimum absolute atomic E-state index is 0.0757. The lowest BCUT2D eigenvalue weighted by atomic mass is 10.1. The average molecular weight is 978 g/mol. The lowest BCUT2D eigenvalue weighted by Gasteiger charge is -2.18. The predicted molar refractivity (Wildman–Crippen MR) is 302 cm³/mol. The second-order valence-corrected chi connectivity index (χ2v) is 19.9. The summed E-state index contributed by atoms with van der Waals surface area (Å²) in [5.41, 5.74) is 0. The first-order valence-electron chi connectivity index (χ1n) is 29.9. The molecule has 0 aliphatic heterocycles. The molecular formula is C64H112O6. The molecule has 0 bridgehead atoms. The third kappa shape index (κ3) is 55.8. The van der Waals surface area contributed by atoms with Crippen LogP contribution in [0.4, 0.5) is 0 Å². The van der Waals surface area contributed by atoms with E-state index in [1.54, 1.807) is 0 Å². The maximum atomic E-state index is 12.8. The first-order chi connectivity index (χ1) is 34.5. The maximum absolute atomic E-state index is 12.8. The molecule has 1 unspecified atom stereocenters. The highest BCUT2D eigenvalue weighted by atomic mass is 16.6. The number of esters is 3. The summed E-state index contributed by atoms with van der Waals surface area (Å²) in [4.78, 5) is 38.1. The van der Waals surface area contributed by atoms with Gasteiger partial charge in [0.05, 0.1) is 0 Å². The number of ether oxygens (including phenoxy) is 3. The highest BCUT2D eigenvalue weighted by Crippen LogP contribution is 2.16. The lowest BCUT2D eigenvalue weighted by Crippen LogP contribution is -2.30. The summed E-state index contributed by atoms with van der Waals surface area (Å²) < 4.78 is 16.8. The fourth-order valence-electron chi connectivity index (χ4n) is 8.47. The van der Waals surface area contributed by atoms with Gasteiger partial charge in [-0.2, -0.15) is 0 Å². The number of carbonyl (C=O) groups excluding carboxylic acids is 3. The molecule has 0 saturated carbocycles. The smallest absolute Gasteiger partial charge is 0.306 e. The Morgan fingerprint density at radius 3 is 0.886 bits per heavy atom. The number of rotatable bonds is 54. The van der Waals surface area contributed by atoms with E-state index in [1.165, 1.54) is 161 Å². The van der Waals surface area contributed by atoms with Gasteiger partial charge in [-0.25, -0.2) is 0 Å². The van der Waals surface area contributed by atoms with Gasteiger partial charge in [0.15, 0.2) is 6.10 Å². The highest BCUT2D eigenvalue weighted by Gasteiger charge is 2.19. The number of hydrogen-bond donors (Lipinski definition) is 0. The summed E-state index contributed by atoms with van der Waals surface area (Å²) in [5, 5.41) is 0. The van der Waals surface area contributed by atoms with Crippen LogP contribution in [0.25, 0.3) is 0 Å². The molecule has 0 fully saturated rings. The molecule has 0 aromatic carbocycles. The SMILES string of the molecule is CC/C=C\C/C=C\C/C=C\C/C=C\C/C=C\CCCCCCCCCCCC(=O)OCC(COC(=O)CCCCCCCCCC)OC(=O)CCCCCCCCCCC/C=C\CCCCCCCC. The Labute approximate surface area is 433 Å². The van der Waals surface area contributed by atoms with Crippen LogP contribution in [0.3, 0.4) is 0 Å². The second-order valence-electron chi connectivity index (χ2n) is 19.9. The van der Waals surface area contributed by atoms with Crippen molar-refractivity contribution in [1.82, 2.24) is 0 Å². The number of unbranched alkanes of at least 4 members (excludes halogenated alkanes) is 31. The molecule has 6 heteroatoms. The van der Waals surface area contributed by atoms with E-state index in [4.69, 9.17) is 14.2 Å². The van der Waals surface area contributed by atoms with Crippen LogP contribution in [0.2, 0.25) is 0 Å². The molecule has 0 aliphatic rings. The largest absolute Gasteiger partial charge is 0.462 e. The average Bonchev–Trinajstić information content (AvgIpc) is 3.36. The molecule has 0 amide bonds. The molecule has 0 radical (unpaired) electrons. The number of hydrogen-bond acceptors (Lipinski definition) is 6. The van der Waals surface area contributed by atoms with Crippen LogP contribution in [0.5, 0.6) is 0 Å². The van der Waals surface area contributed by atoms with Crippen molar-refractivity contribution in [2.75, 3.05) is 13.2 Å². The maximum Gasteiger partial charge on any atom is 0.306 e. The summed E-state index contributed by atoms with van der Waals surface area (Å²) in [7, 11) is 0. The molecule has 404 valence electrons. The van der Waals surface area contributed by atoms with Crippen molar-refractivity contribution in [2.24, 2.45) is 0 Å². The summed E-state index contributed by atoms with van der Waals surface area (Å²) in [6, 6.07) is 0. The molecule has 0 heterocycles. The zero-order valence-corrected chi connectivity index (χ0v) is 46.3. The monoisotopic (exact) mass is 977 g/mol. The highest BCUT2D eigenvalue weighted by molar-refractivity contribution is 5.71. The molecule has 0 N–H and O–H groups in total. The van der Waals surface area contributed by atoms with E-state index in [-0.39, 0.29) is 31.1 Å². The van der Waals surface area contributed by atoms with Crippen LogP contribution in [-0.4, -0.2) is 37.2 Å². The minimum atomic E-state index is -0.776. The molecule has 0 aromatic rings. The topological polar surface area (TPSA) is 78.9 Å². The van der Waals surface area contributed by atoms with E-state index in [0.29, 0.717) is 19.3 Å². The molecule has 0 aromatic heterocycles. The third-order valence-electron chi connectivity index (χ3n) is 12.9. The summed E-state index contributed by atoms with van der Waals surface area (Å²) in [6.45, 7) is 6.51. The normalized spacial score (nSPS) is 12.6. The predicted octanol–water partition coefficient (Wildman–Crippen LogP) is 20.2. The molecule has 0 spiro atoms. The fourth-order valence-corrected chi connectivity index (χ4v) is 8.47. The lowest BCUT2D eigenvalue weighted by molar-refractivity contribution is -0.167. The molecule has 0 saturated heterocycles. The van der Waals surface area contributed by atoms with Gasteiger partial charge in [0.2, 0.25) is 0 Å². The van der Waals surface area contributed by atoms with Crippen LogP contribution in [-0.2, 0) is 28.6 Å². The van der Waals surface area contributed by atoms with E-state index in [1.807, 2.05) is 0 Å². The second kappa shape index (κ2) is 58.4. The van der Waals surface area contributed by atoms with Crippen LogP contribution in [0.15, 0.2) is 72.9 Å². The number of allylic oxidation sites excluding steroid dienone is 12. The standard InChI is InChI=1S/C64H112O6/c1-4-7-10-13-16-19-21-23-25-27-29-30-31-32-33-34-36-37-39-41-43-45-48-51-54-57-63(66)69-60-61(59-68-62(65)56-53-50-47-18-15-12-9-6-3)70-64(67)58-55-52-49-46-44-42-40-38-35-28-26-24-22-20-17-14-11-8-5-2/h7,10,16,19,23-26,29-30,32-33,61H,4-6,8-9,11-15,17-18,20-22,27-28,31,34-60H2,1-3H3/b10-7-,19-16-,25-23-,26-24-,30-29-,33-32-. The first-order valence-corrected chi connectivity index (χ1v) is 29.9. The van der Waals surface area contributed by atoms with Crippen molar-refractivity contribution in [3.8, 4) is 0 Å². The van der Waals surface area contributed by atoms with Crippen molar-refractivity contribution in [3.63, 3.8) is 0 Å². The molecule has 0 aliphatic carbocycles. The van der Waals surface area contributed by atoms with Crippen molar-refractivity contribution < 1.29 is 28.6 Å². The first kappa shape index (κ1) is 66.9. The third-order valence-corrected chi connectivity index (χ3v) is 12.9. The Hall–Kier alpha value is -3.15. The van der Waals surface area contributed by atoms with Gasteiger partial charge in [-0.1, -0.05) is 261 Å². The van der Waals surface area contributed by atoms with Crippen molar-refractivity contribution >= 4 is 17.9 Å². The Morgan fingerprint density at radius 1 is 0.300 bits per heavy atom. The van der Waals surface area contributed by atoms with E-state index in [0.717, 1.165) is 96.3 Å². The van der Waals surface area contributed by atoms with Gasteiger partial charge in [-0.3, -0.25) is 14.4 Å². The zero-order valence-electron chi connectivity index (χ0n) is 46.3. The Kier molecular flexibility index (Phi) is 55.8. The van der Waals surface area contributed by atoms with Gasteiger partial charge in [0, 0.05) is 19.3 Å². The fraction of sp³-hybridized carbons (Fsp3) is 0.766. The van der Waals surface area contributed by atoms with E-state index >= 15 is 0 Å². The van der Waals surface area contributed by atoms with Crippen LogP contribution in [0, 0.1) is 0 Å². The summed E-state index contributed by atoms with van der Waals surface area (Å²) in [5.74, 6) is -0.878. The summed E-state index contributed by atoms with van der Waals surface area (Å²) in [6.07, 6.45) is 74.8. The van der Waals surface area contributed by atoms with Crippen molar-refractivity contribution in [1.29, 1.82) is 0 Å². The zero-order chi connectivity index (χ0) is 50.7. The van der Waals surface area contributed by atoms with E-state index in [9.17, 15) is 14.4 Å². The van der Waals surface area contributed by atoms with Crippen molar-refractivity contribution in [2.45, 2.75) is 303 Å². The quantitative estimate of drug-likeness (QED) is 0.0261. The van der Waals surface area contributed by atoms with Crippen molar-refractivity contribution in [3.05, 3.63) is 72.9 Å². The molecule has 70 heavy (non-hydrogen) atoms. The minimum Gasteiger partial charge on any atom is -0.462 e. The number of carbonyl (C=O) groups is 3. The summed E-state index contributed by atoms with van der Waals surface area (Å²) >= 11 is 0. The van der Waals surface area contributed by atoms with Gasteiger partial charge in [0.25, 0.3) is 0 Å². The van der Waals surface area contributed by atoms with Gasteiger partial charge in [0.1, 0.15) is 13.2 Å². The van der Waals surface area contributed by atoms with Crippen LogP contribution in [0.1, 0.15) is 297 Å². The van der Waals surface area contributed by atoms with Gasteiger partial charge in [-0.05, 0) is 89.9 Å². The van der Waals surface area contributed by atoms with Gasteiger partial charge >= 0.3 is 17.9 Å². The van der Waals surface area contributed by atoms with Crippen LogP contribution < -0.4 is 0 Å². The van der Waals surface area contributed by atoms with E-state index in [2.05, 4.69) is 93.7 Å². The molecular weight excluding hydrogens is 865 g/mol. The molecule has 1 atom stereocenters. The Morgan fingerprint density at radius 2 is 0.557 bits per heavy atom. The van der Waals surface area contributed by atoms with E-state index < -0.39 is 6.10 Å². The molecule has 6 nitrogen and oxygen atoms in total. The van der Waals surface area contributed by atoms with Gasteiger partial charge in [-0.15, -0.1) is 0 Å². The Balaban J connectivity index is 4.21. The molecule has 0 rings (SSSR count). The van der Waals surface area contributed by atoms with Crippen LogP contribution >= 0.6 is 0 Å². The Bertz CT molecular complexity index is 1310.